The number of halogens is 1. The lowest BCUT2D eigenvalue weighted by atomic mass is 10.1. The molecule has 1 N–H and O–H groups in total. The van der Waals surface area contributed by atoms with E-state index in [4.69, 9.17) is 11.6 Å². The van der Waals surface area contributed by atoms with E-state index in [1.165, 1.54) is 5.56 Å². The van der Waals surface area contributed by atoms with E-state index in [1.807, 2.05) is 43.5 Å². The van der Waals surface area contributed by atoms with Gasteiger partial charge in [-0.05, 0) is 36.9 Å². The Morgan fingerprint density at radius 1 is 1.12 bits per heavy atom. The molecular formula is C24H21ClN6OS. The molecule has 7 nitrogen and oxygen atoms in total. The molecule has 4 aromatic heterocycles. The molecule has 9 heteroatoms. The summed E-state index contributed by atoms with van der Waals surface area (Å²) in [6.45, 7) is 4.55. The van der Waals surface area contributed by atoms with Crippen LogP contribution in [0, 0.1) is 13.8 Å². The Hall–Kier alpha value is -3.49. The van der Waals surface area contributed by atoms with E-state index >= 15 is 0 Å². The molecule has 4 heterocycles. The Balaban J connectivity index is 1.34. The van der Waals surface area contributed by atoms with E-state index in [-0.39, 0.29) is 12.5 Å². The number of fused-ring (bicyclic) bond motifs is 1. The fraction of sp³-hybridized carbons (Fsp3) is 0.167. The molecule has 0 saturated heterocycles. The number of thiophene rings is 1. The molecule has 1 aromatic carbocycles. The lowest BCUT2D eigenvalue weighted by molar-refractivity contribution is -0.116. The van der Waals surface area contributed by atoms with Crippen molar-refractivity contribution in [1.29, 1.82) is 0 Å². The van der Waals surface area contributed by atoms with Gasteiger partial charge in [-0.15, -0.1) is 11.3 Å². The second-order valence-electron chi connectivity index (χ2n) is 7.83. The number of hydrogen-bond donors (Lipinski definition) is 1. The molecule has 0 saturated carbocycles. The standard InChI is InChI=1S/C24H21ClN6OS/c1-15-5-7-17(8-6-15)12-30-13-19(25)23(29-30)27-21(32)14-31-24-22(16(2)28-31)18(9-10-26-24)20-4-3-11-33-20/h3-11,13H,12,14H2,1-2H3,(H,27,29,32). The Kier molecular flexibility index (Phi) is 5.70. The van der Waals surface area contributed by atoms with Gasteiger partial charge in [0.1, 0.15) is 11.6 Å². The zero-order valence-electron chi connectivity index (χ0n) is 18.1. The maximum absolute atomic E-state index is 12.8. The lowest BCUT2D eigenvalue weighted by Gasteiger charge is -2.05. The zero-order valence-corrected chi connectivity index (χ0v) is 19.7. The van der Waals surface area contributed by atoms with Gasteiger partial charge in [-0.25, -0.2) is 9.67 Å². The normalized spacial score (nSPS) is 11.2. The molecule has 0 aliphatic carbocycles. The molecule has 0 spiro atoms. The van der Waals surface area contributed by atoms with Crippen LogP contribution in [0.15, 0.2) is 60.2 Å². The van der Waals surface area contributed by atoms with Crippen molar-refractivity contribution in [1.82, 2.24) is 24.5 Å². The minimum Gasteiger partial charge on any atom is -0.306 e. The third kappa shape index (κ3) is 4.40. The number of anilines is 1. The molecule has 0 atom stereocenters. The molecule has 0 bridgehead atoms. The van der Waals surface area contributed by atoms with Gasteiger partial charge in [0, 0.05) is 22.8 Å². The van der Waals surface area contributed by atoms with E-state index in [0.29, 0.717) is 23.0 Å². The Morgan fingerprint density at radius 2 is 1.94 bits per heavy atom. The first-order valence-electron chi connectivity index (χ1n) is 10.4. The Bertz CT molecular complexity index is 1440. The molecule has 0 aliphatic rings. The molecule has 0 radical (unpaired) electrons. The number of aryl methyl sites for hydroxylation is 2. The predicted octanol–water partition coefficient (Wildman–Crippen LogP) is 5.31. The molecule has 0 aliphatic heterocycles. The van der Waals surface area contributed by atoms with Gasteiger partial charge < -0.3 is 5.32 Å². The zero-order chi connectivity index (χ0) is 22.9. The van der Waals surface area contributed by atoms with Gasteiger partial charge in [-0.3, -0.25) is 9.48 Å². The van der Waals surface area contributed by atoms with Crippen LogP contribution in [-0.2, 0) is 17.9 Å². The van der Waals surface area contributed by atoms with Crippen LogP contribution >= 0.6 is 22.9 Å². The van der Waals surface area contributed by atoms with Crippen LogP contribution in [0.3, 0.4) is 0 Å². The first kappa shape index (κ1) is 21.4. The van der Waals surface area contributed by atoms with Gasteiger partial charge in [-0.1, -0.05) is 47.5 Å². The van der Waals surface area contributed by atoms with Crippen molar-refractivity contribution in [3.63, 3.8) is 0 Å². The van der Waals surface area contributed by atoms with Crippen LogP contribution in [0.2, 0.25) is 5.02 Å². The fourth-order valence-electron chi connectivity index (χ4n) is 3.78. The minimum atomic E-state index is -0.273. The van der Waals surface area contributed by atoms with Crippen molar-refractivity contribution in [3.8, 4) is 10.4 Å². The quantitative estimate of drug-likeness (QED) is 0.360. The van der Waals surface area contributed by atoms with Gasteiger partial charge in [-0.2, -0.15) is 10.2 Å². The fourth-order valence-corrected chi connectivity index (χ4v) is 4.74. The summed E-state index contributed by atoms with van der Waals surface area (Å²) in [6.07, 6.45) is 3.45. The molecule has 166 valence electrons. The van der Waals surface area contributed by atoms with Gasteiger partial charge in [0.05, 0.1) is 17.6 Å². The highest BCUT2D eigenvalue weighted by Crippen LogP contribution is 2.32. The third-order valence-corrected chi connectivity index (χ3v) is 6.51. The van der Waals surface area contributed by atoms with Crippen molar-refractivity contribution in [2.75, 3.05) is 5.32 Å². The average Bonchev–Trinajstić information content (AvgIpc) is 3.51. The topological polar surface area (TPSA) is 77.6 Å². The summed E-state index contributed by atoms with van der Waals surface area (Å²) in [5.41, 5.74) is 4.86. The van der Waals surface area contributed by atoms with Gasteiger partial charge >= 0.3 is 0 Å². The first-order chi connectivity index (χ1) is 16.0. The third-order valence-electron chi connectivity index (χ3n) is 5.33. The van der Waals surface area contributed by atoms with E-state index in [2.05, 4.69) is 38.7 Å². The van der Waals surface area contributed by atoms with E-state index in [0.717, 1.165) is 27.1 Å². The molecule has 0 fully saturated rings. The summed E-state index contributed by atoms with van der Waals surface area (Å²) in [5.74, 6) is 0.0550. The highest BCUT2D eigenvalue weighted by Gasteiger charge is 2.18. The van der Waals surface area contributed by atoms with Crippen LogP contribution in [0.4, 0.5) is 5.82 Å². The van der Waals surface area contributed by atoms with Crippen LogP contribution in [-0.4, -0.2) is 30.5 Å². The number of carbonyl (C=O) groups excluding carboxylic acids is 1. The molecule has 33 heavy (non-hydrogen) atoms. The second-order valence-corrected chi connectivity index (χ2v) is 9.19. The summed E-state index contributed by atoms with van der Waals surface area (Å²) in [7, 11) is 0. The highest BCUT2D eigenvalue weighted by molar-refractivity contribution is 7.13. The molecular weight excluding hydrogens is 456 g/mol. The van der Waals surface area contributed by atoms with Crippen molar-refractivity contribution in [2.45, 2.75) is 26.9 Å². The number of hydrogen-bond acceptors (Lipinski definition) is 5. The smallest absolute Gasteiger partial charge is 0.247 e. The van der Waals surface area contributed by atoms with Crippen molar-refractivity contribution in [3.05, 3.63) is 82.1 Å². The number of aromatic nitrogens is 5. The van der Waals surface area contributed by atoms with Gasteiger partial charge in [0.15, 0.2) is 11.5 Å². The van der Waals surface area contributed by atoms with E-state index < -0.39 is 0 Å². The second kappa shape index (κ2) is 8.80. The highest BCUT2D eigenvalue weighted by atomic mass is 35.5. The summed E-state index contributed by atoms with van der Waals surface area (Å²) in [5, 5.41) is 15.2. The number of pyridine rings is 1. The largest absolute Gasteiger partial charge is 0.306 e. The summed E-state index contributed by atoms with van der Waals surface area (Å²) in [4.78, 5) is 18.4. The summed E-state index contributed by atoms with van der Waals surface area (Å²) in [6, 6.07) is 14.3. The maximum atomic E-state index is 12.8. The summed E-state index contributed by atoms with van der Waals surface area (Å²) >= 11 is 7.99. The first-order valence-corrected chi connectivity index (χ1v) is 11.7. The van der Waals surface area contributed by atoms with Gasteiger partial charge in [0.25, 0.3) is 0 Å². The molecule has 5 aromatic rings. The van der Waals surface area contributed by atoms with Crippen LogP contribution in [0.5, 0.6) is 0 Å². The van der Waals surface area contributed by atoms with Crippen LogP contribution < -0.4 is 5.32 Å². The number of nitrogens with one attached hydrogen (secondary N) is 1. The van der Waals surface area contributed by atoms with Crippen molar-refractivity contribution >= 4 is 45.7 Å². The number of carbonyl (C=O) groups is 1. The SMILES string of the molecule is Cc1ccc(Cn2cc(Cl)c(NC(=O)Cn3nc(C)c4c(-c5cccs5)ccnc43)n2)cc1. The molecule has 5 rings (SSSR count). The van der Waals surface area contributed by atoms with Gasteiger partial charge in [0.2, 0.25) is 5.91 Å². The summed E-state index contributed by atoms with van der Waals surface area (Å²) < 4.78 is 3.33. The van der Waals surface area contributed by atoms with E-state index in [9.17, 15) is 4.79 Å². The maximum Gasteiger partial charge on any atom is 0.247 e. The Morgan fingerprint density at radius 3 is 2.70 bits per heavy atom. The van der Waals surface area contributed by atoms with Crippen LogP contribution in [0.25, 0.3) is 21.5 Å². The average molecular weight is 477 g/mol. The molecule has 1 amide bonds. The van der Waals surface area contributed by atoms with E-state index in [1.54, 1.807) is 33.1 Å². The van der Waals surface area contributed by atoms with Crippen molar-refractivity contribution in [2.24, 2.45) is 0 Å². The number of nitrogens with zero attached hydrogens (tertiary/aromatic N) is 5. The monoisotopic (exact) mass is 476 g/mol. The minimum absolute atomic E-state index is 0.00633. The number of rotatable bonds is 6. The van der Waals surface area contributed by atoms with Crippen molar-refractivity contribution < 1.29 is 4.79 Å². The van der Waals surface area contributed by atoms with Crippen LogP contribution in [0.1, 0.15) is 16.8 Å². The molecule has 0 unspecified atom stereocenters. The predicted molar refractivity (Wildman–Crippen MR) is 132 cm³/mol. The Labute approximate surface area is 199 Å². The number of amides is 1. The lowest BCUT2D eigenvalue weighted by Crippen LogP contribution is -2.20. The number of benzene rings is 1.